The third-order valence-corrected chi connectivity index (χ3v) is 4.44. The van der Waals surface area contributed by atoms with E-state index in [2.05, 4.69) is 12.2 Å². The van der Waals surface area contributed by atoms with E-state index < -0.39 is 11.5 Å². The van der Waals surface area contributed by atoms with Crippen molar-refractivity contribution in [3.05, 3.63) is 23.8 Å². The Labute approximate surface area is 148 Å². The number of nitrogens with one attached hydrogen (secondary N) is 1. The highest BCUT2D eigenvalue weighted by Crippen LogP contribution is 2.36. The third kappa shape index (κ3) is 5.11. The fourth-order valence-electron chi connectivity index (χ4n) is 2.92. The number of hydrogen-bond donors (Lipinski definition) is 2. The van der Waals surface area contributed by atoms with E-state index in [1.54, 1.807) is 18.2 Å². The first kappa shape index (κ1) is 19.1. The monoisotopic (exact) mass is 349 g/mol. The van der Waals surface area contributed by atoms with Crippen molar-refractivity contribution in [2.75, 3.05) is 13.2 Å². The minimum Gasteiger partial charge on any atom is -0.490 e. The Bertz CT molecular complexity index is 610. The lowest BCUT2D eigenvalue weighted by molar-refractivity contribution is -0.139. The maximum absolute atomic E-state index is 12.6. The summed E-state index contributed by atoms with van der Waals surface area (Å²) in [6, 6.07) is 5.08. The molecule has 1 fully saturated rings. The van der Waals surface area contributed by atoms with Crippen LogP contribution in [0, 0.1) is 0 Å². The Morgan fingerprint density at radius 3 is 2.52 bits per heavy atom. The van der Waals surface area contributed by atoms with Gasteiger partial charge in [-0.15, -0.1) is 0 Å². The molecule has 1 aromatic carbocycles. The molecule has 25 heavy (non-hydrogen) atoms. The van der Waals surface area contributed by atoms with Gasteiger partial charge in [-0.25, -0.2) is 0 Å². The molecule has 0 aromatic heterocycles. The van der Waals surface area contributed by atoms with Crippen LogP contribution in [0.25, 0.3) is 0 Å². The van der Waals surface area contributed by atoms with Crippen molar-refractivity contribution in [2.45, 2.75) is 57.9 Å². The number of carboxylic acid groups (broad SMARTS) is 1. The Morgan fingerprint density at radius 2 is 1.96 bits per heavy atom. The van der Waals surface area contributed by atoms with Crippen LogP contribution in [0.2, 0.25) is 0 Å². The minimum atomic E-state index is -0.894. The van der Waals surface area contributed by atoms with Crippen LogP contribution in [-0.4, -0.2) is 35.7 Å². The standard InChI is InChI=1S/C19H27NO5/c1-3-5-11-25-15-8-7-14(12-16(15)24-4-2)18(23)20-19(9-6-10-19)13-17(21)22/h7-8,12H,3-6,9-11,13H2,1-2H3,(H,20,23)(H,21,22). The van der Waals surface area contributed by atoms with Gasteiger partial charge < -0.3 is 19.9 Å². The van der Waals surface area contributed by atoms with Gasteiger partial charge in [-0.2, -0.15) is 0 Å². The van der Waals surface area contributed by atoms with Crippen LogP contribution in [0.3, 0.4) is 0 Å². The van der Waals surface area contributed by atoms with Crippen LogP contribution < -0.4 is 14.8 Å². The zero-order valence-corrected chi connectivity index (χ0v) is 15.0. The van der Waals surface area contributed by atoms with Gasteiger partial charge in [0.1, 0.15) is 0 Å². The van der Waals surface area contributed by atoms with Gasteiger partial charge in [-0.3, -0.25) is 9.59 Å². The molecule has 0 saturated heterocycles. The van der Waals surface area contributed by atoms with Gasteiger partial charge in [0.25, 0.3) is 5.91 Å². The first-order valence-corrected chi connectivity index (χ1v) is 8.93. The molecule has 0 spiro atoms. The highest BCUT2D eigenvalue weighted by Gasteiger charge is 2.40. The Hall–Kier alpha value is -2.24. The van der Waals surface area contributed by atoms with Gasteiger partial charge in [0.15, 0.2) is 11.5 Å². The number of hydrogen-bond acceptors (Lipinski definition) is 4. The molecule has 138 valence electrons. The first-order valence-electron chi connectivity index (χ1n) is 8.93. The molecule has 6 nitrogen and oxygen atoms in total. The summed E-state index contributed by atoms with van der Waals surface area (Å²) in [5, 5.41) is 12.0. The SMILES string of the molecule is CCCCOc1ccc(C(=O)NC2(CC(=O)O)CCC2)cc1OCC. The number of carbonyl (C=O) groups is 2. The Morgan fingerprint density at radius 1 is 1.20 bits per heavy atom. The summed E-state index contributed by atoms with van der Waals surface area (Å²) in [6.45, 7) is 5.04. The van der Waals surface area contributed by atoms with E-state index in [9.17, 15) is 9.59 Å². The average Bonchev–Trinajstić information content (AvgIpc) is 2.54. The normalized spacial score (nSPS) is 15.1. The summed E-state index contributed by atoms with van der Waals surface area (Å²) in [6.07, 6.45) is 4.27. The second-order valence-electron chi connectivity index (χ2n) is 6.46. The second-order valence-corrected chi connectivity index (χ2v) is 6.46. The van der Waals surface area contributed by atoms with Gasteiger partial charge in [-0.1, -0.05) is 13.3 Å². The maximum Gasteiger partial charge on any atom is 0.305 e. The van der Waals surface area contributed by atoms with Gasteiger partial charge in [0.05, 0.1) is 25.2 Å². The molecule has 0 unspecified atom stereocenters. The van der Waals surface area contributed by atoms with E-state index in [4.69, 9.17) is 14.6 Å². The molecular formula is C19H27NO5. The zero-order valence-electron chi connectivity index (χ0n) is 15.0. The average molecular weight is 349 g/mol. The maximum atomic E-state index is 12.6. The summed E-state index contributed by atoms with van der Waals surface area (Å²) in [5.41, 5.74) is -0.173. The van der Waals surface area contributed by atoms with Crippen molar-refractivity contribution >= 4 is 11.9 Å². The van der Waals surface area contributed by atoms with Crippen LogP contribution >= 0.6 is 0 Å². The van der Waals surface area contributed by atoms with E-state index >= 15 is 0 Å². The number of benzene rings is 1. The second kappa shape index (κ2) is 8.74. The third-order valence-electron chi connectivity index (χ3n) is 4.44. The smallest absolute Gasteiger partial charge is 0.305 e. The lowest BCUT2D eigenvalue weighted by atomic mass is 9.74. The lowest BCUT2D eigenvalue weighted by Crippen LogP contribution is -2.54. The molecule has 1 aliphatic carbocycles. The van der Waals surface area contributed by atoms with E-state index in [-0.39, 0.29) is 12.3 Å². The number of aliphatic carboxylic acids is 1. The molecule has 0 atom stereocenters. The highest BCUT2D eigenvalue weighted by molar-refractivity contribution is 5.95. The summed E-state index contributed by atoms with van der Waals surface area (Å²) in [7, 11) is 0. The molecule has 6 heteroatoms. The predicted octanol–water partition coefficient (Wildman–Crippen LogP) is 3.39. The molecule has 0 aliphatic heterocycles. The van der Waals surface area contributed by atoms with Gasteiger partial charge >= 0.3 is 5.97 Å². The molecule has 1 aromatic rings. The largest absolute Gasteiger partial charge is 0.490 e. The first-order chi connectivity index (χ1) is 12.0. The Balaban J connectivity index is 2.10. The van der Waals surface area contributed by atoms with Gasteiger partial charge in [-0.05, 0) is 50.8 Å². The molecule has 1 amide bonds. The molecule has 0 bridgehead atoms. The Kier molecular flexibility index (Phi) is 6.67. The van der Waals surface area contributed by atoms with Crippen molar-refractivity contribution in [1.29, 1.82) is 0 Å². The fourth-order valence-corrected chi connectivity index (χ4v) is 2.92. The van der Waals surface area contributed by atoms with Crippen molar-refractivity contribution in [3.8, 4) is 11.5 Å². The molecule has 0 heterocycles. The van der Waals surface area contributed by atoms with Gasteiger partial charge in [0.2, 0.25) is 0 Å². The van der Waals surface area contributed by atoms with Gasteiger partial charge in [0, 0.05) is 5.56 Å². The van der Waals surface area contributed by atoms with Crippen molar-refractivity contribution in [3.63, 3.8) is 0 Å². The zero-order chi connectivity index (χ0) is 18.3. The number of carboxylic acids is 1. The molecule has 0 radical (unpaired) electrons. The van der Waals surface area contributed by atoms with E-state index in [1.165, 1.54) is 0 Å². The van der Waals surface area contributed by atoms with E-state index in [0.29, 0.717) is 43.1 Å². The van der Waals surface area contributed by atoms with Crippen LogP contribution in [0.5, 0.6) is 11.5 Å². The van der Waals surface area contributed by atoms with Crippen LogP contribution in [0.1, 0.15) is 62.7 Å². The van der Waals surface area contributed by atoms with E-state index in [1.807, 2.05) is 6.92 Å². The summed E-state index contributed by atoms with van der Waals surface area (Å²) < 4.78 is 11.3. The summed E-state index contributed by atoms with van der Waals surface area (Å²) in [4.78, 5) is 23.6. The predicted molar refractivity (Wildman–Crippen MR) is 94.3 cm³/mol. The topological polar surface area (TPSA) is 84.9 Å². The minimum absolute atomic E-state index is 0.0464. The van der Waals surface area contributed by atoms with E-state index in [0.717, 1.165) is 19.3 Å². The van der Waals surface area contributed by atoms with Crippen molar-refractivity contribution in [1.82, 2.24) is 5.32 Å². The van der Waals surface area contributed by atoms with Crippen molar-refractivity contribution in [2.24, 2.45) is 0 Å². The quantitative estimate of drug-likeness (QED) is 0.633. The number of ether oxygens (including phenoxy) is 2. The molecular weight excluding hydrogens is 322 g/mol. The molecule has 1 aliphatic rings. The molecule has 2 N–H and O–H groups in total. The summed E-state index contributed by atoms with van der Waals surface area (Å²) >= 11 is 0. The summed E-state index contributed by atoms with van der Waals surface area (Å²) in [5.74, 6) is -0.0143. The van der Waals surface area contributed by atoms with Crippen LogP contribution in [-0.2, 0) is 4.79 Å². The molecule has 1 saturated carbocycles. The van der Waals surface area contributed by atoms with Crippen molar-refractivity contribution < 1.29 is 24.2 Å². The fraction of sp³-hybridized carbons (Fsp3) is 0.579. The molecule has 2 rings (SSSR count). The lowest BCUT2D eigenvalue weighted by Gasteiger charge is -2.41. The van der Waals surface area contributed by atoms with Crippen LogP contribution in [0.4, 0.5) is 0 Å². The highest BCUT2D eigenvalue weighted by atomic mass is 16.5. The number of rotatable bonds is 10. The number of carbonyl (C=O) groups excluding carboxylic acids is 1. The number of amides is 1. The van der Waals surface area contributed by atoms with Crippen LogP contribution in [0.15, 0.2) is 18.2 Å². The number of unbranched alkanes of at least 4 members (excludes halogenated alkanes) is 1.